The zero-order chi connectivity index (χ0) is 23.1. The maximum absolute atomic E-state index is 14.3. The number of rotatable bonds is 4. The zero-order valence-electron chi connectivity index (χ0n) is 17.4. The average molecular weight is 475 g/mol. The summed E-state index contributed by atoms with van der Waals surface area (Å²) in [6, 6.07) is 18.3. The number of furan rings is 1. The topological polar surface area (TPSA) is 61.2 Å². The number of nitrogens with zero attached hydrogens (tertiary/aromatic N) is 3. The lowest BCUT2D eigenvalue weighted by molar-refractivity contribution is 0.174. The first-order valence-electron chi connectivity index (χ1n) is 10.3. The minimum atomic E-state index is -0.759. The van der Waals surface area contributed by atoms with Crippen LogP contribution in [0.25, 0.3) is 22.4 Å². The van der Waals surface area contributed by atoms with Crippen LogP contribution >= 0.6 is 11.3 Å². The largest absolute Gasteiger partial charge is 0.454 e. The normalized spacial score (nSPS) is 13.4. The van der Waals surface area contributed by atoms with Gasteiger partial charge in [0.1, 0.15) is 22.8 Å². The van der Waals surface area contributed by atoms with Gasteiger partial charge in [-0.1, -0.05) is 18.2 Å². The van der Waals surface area contributed by atoms with Crippen molar-refractivity contribution < 1.29 is 22.7 Å². The third-order valence-corrected chi connectivity index (χ3v) is 6.02. The molecule has 3 aromatic carbocycles. The number of thiazole rings is 1. The van der Waals surface area contributed by atoms with Gasteiger partial charge in [-0.25, -0.2) is 18.4 Å². The van der Waals surface area contributed by atoms with E-state index in [9.17, 15) is 8.78 Å². The van der Waals surface area contributed by atoms with E-state index in [1.807, 2.05) is 47.8 Å². The fourth-order valence-corrected chi connectivity index (χ4v) is 4.39. The molecular weight excluding hydrogens is 460 g/mol. The van der Waals surface area contributed by atoms with Gasteiger partial charge in [-0.3, -0.25) is 0 Å². The SMILES string of the molecule is Fc1ccc(N=c2scc(-c3cc4ccccc4o3)n2/N=C/c2ccc3c(c2)OCO3)c(F)c1. The van der Waals surface area contributed by atoms with E-state index < -0.39 is 11.6 Å². The molecule has 1 aliphatic heterocycles. The smallest absolute Gasteiger partial charge is 0.231 e. The van der Waals surface area contributed by atoms with Crippen LogP contribution < -0.4 is 14.3 Å². The van der Waals surface area contributed by atoms with Crippen LogP contribution in [-0.4, -0.2) is 17.7 Å². The first-order chi connectivity index (χ1) is 16.6. The van der Waals surface area contributed by atoms with Gasteiger partial charge in [0.2, 0.25) is 11.6 Å². The first kappa shape index (κ1) is 20.4. The van der Waals surface area contributed by atoms with Gasteiger partial charge in [0.05, 0.1) is 6.21 Å². The highest BCUT2D eigenvalue weighted by atomic mass is 32.1. The molecular formula is C25H15F2N3O3S. The van der Waals surface area contributed by atoms with E-state index in [1.54, 1.807) is 17.0 Å². The Balaban J connectivity index is 1.49. The fourth-order valence-electron chi connectivity index (χ4n) is 3.56. The third-order valence-electron chi connectivity index (χ3n) is 5.21. The van der Waals surface area contributed by atoms with Gasteiger partial charge in [-0.05, 0) is 48.0 Å². The quantitative estimate of drug-likeness (QED) is 0.296. The van der Waals surface area contributed by atoms with Crippen LogP contribution in [-0.2, 0) is 0 Å². The van der Waals surface area contributed by atoms with E-state index in [2.05, 4.69) is 10.1 Å². The number of halogens is 2. The van der Waals surface area contributed by atoms with E-state index >= 15 is 0 Å². The molecule has 0 amide bonds. The van der Waals surface area contributed by atoms with Crippen molar-refractivity contribution in [2.45, 2.75) is 0 Å². The molecule has 6 rings (SSSR count). The molecule has 3 heterocycles. The summed E-state index contributed by atoms with van der Waals surface area (Å²) in [5.74, 6) is 0.464. The standard InChI is InChI=1S/C25H15F2N3O3S/c26-17-6-7-19(18(27)11-17)29-25-30(28-12-15-5-8-22-24(9-15)32-14-31-22)20(13-34-25)23-10-16-3-1-2-4-21(16)33-23/h1-13H,14H2/b28-12+,29-25?. The third kappa shape index (κ3) is 3.75. The summed E-state index contributed by atoms with van der Waals surface area (Å²) in [7, 11) is 0. The highest BCUT2D eigenvalue weighted by Gasteiger charge is 2.15. The Kier molecular flexibility index (Phi) is 4.96. The lowest BCUT2D eigenvalue weighted by Gasteiger charge is -2.02. The van der Waals surface area contributed by atoms with Crippen molar-refractivity contribution in [3.8, 4) is 23.0 Å². The summed E-state index contributed by atoms with van der Waals surface area (Å²) in [6.07, 6.45) is 1.64. The molecule has 0 bridgehead atoms. The Morgan fingerprint density at radius 3 is 2.71 bits per heavy atom. The van der Waals surface area contributed by atoms with Crippen molar-refractivity contribution in [1.82, 2.24) is 4.68 Å². The maximum atomic E-state index is 14.3. The molecule has 9 heteroatoms. The van der Waals surface area contributed by atoms with Crippen LogP contribution in [0.2, 0.25) is 0 Å². The summed E-state index contributed by atoms with van der Waals surface area (Å²) in [5.41, 5.74) is 2.15. The fraction of sp³-hybridized carbons (Fsp3) is 0.0400. The van der Waals surface area contributed by atoms with E-state index in [0.29, 0.717) is 27.8 Å². The van der Waals surface area contributed by atoms with Crippen molar-refractivity contribution in [3.05, 3.63) is 94.1 Å². The van der Waals surface area contributed by atoms with Crippen molar-refractivity contribution in [3.63, 3.8) is 0 Å². The molecule has 6 nitrogen and oxygen atoms in total. The Labute approximate surface area is 195 Å². The first-order valence-corrected chi connectivity index (χ1v) is 11.2. The Morgan fingerprint density at radius 2 is 1.82 bits per heavy atom. The minimum absolute atomic E-state index is 0.00596. The second-order valence-electron chi connectivity index (χ2n) is 7.43. The van der Waals surface area contributed by atoms with Gasteiger partial charge in [-0.2, -0.15) is 5.10 Å². The summed E-state index contributed by atoms with van der Waals surface area (Å²) < 4.78 is 46.0. The van der Waals surface area contributed by atoms with Crippen LogP contribution in [0.5, 0.6) is 11.5 Å². The van der Waals surface area contributed by atoms with E-state index in [0.717, 1.165) is 28.7 Å². The lowest BCUT2D eigenvalue weighted by Crippen LogP contribution is -2.11. The minimum Gasteiger partial charge on any atom is -0.454 e. The van der Waals surface area contributed by atoms with Gasteiger partial charge in [0, 0.05) is 16.8 Å². The monoisotopic (exact) mass is 475 g/mol. The number of benzene rings is 3. The van der Waals surface area contributed by atoms with Crippen LogP contribution in [0.1, 0.15) is 5.56 Å². The summed E-state index contributed by atoms with van der Waals surface area (Å²) in [6.45, 7) is 0.178. The van der Waals surface area contributed by atoms with Gasteiger partial charge < -0.3 is 13.9 Å². The van der Waals surface area contributed by atoms with Crippen molar-refractivity contribution >= 4 is 34.2 Å². The summed E-state index contributed by atoms with van der Waals surface area (Å²) >= 11 is 1.26. The van der Waals surface area contributed by atoms with Crippen LogP contribution in [0.4, 0.5) is 14.5 Å². The highest BCUT2D eigenvalue weighted by Crippen LogP contribution is 2.32. The van der Waals surface area contributed by atoms with E-state index in [4.69, 9.17) is 13.9 Å². The maximum Gasteiger partial charge on any atom is 0.231 e. The molecule has 0 fully saturated rings. The number of para-hydroxylation sites is 1. The summed E-state index contributed by atoms with van der Waals surface area (Å²) in [5, 5.41) is 7.38. The molecule has 0 saturated carbocycles. The van der Waals surface area contributed by atoms with E-state index in [-0.39, 0.29) is 12.5 Å². The highest BCUT2D eigenvalue weighted by molar-refractivity contribution is 7.07. The average Bonchev–Trinajstić information content (AvgIpc) is 3.57. The van der Waals surface area contributed by atoms with Crippen molar-refractivity contribution in [2.75, 3.05) is 6.79 Å². The molecule has 0 saturated heterocycles. The Morgan fingerprint density at radius 1 is 0.941 bits per heavy atom. The Hall–Kier alpha value is -4.24. The van der Waals surface area contributed by atoms with Crippen LogP contribution in [0.3, 0.4) is 0 Å². The number of aromatic nitrogens is 1. The summed E-state index contributed by atoms with van der Waals surface area (Å²) in [4.78, 5) is 4.78. The van der Waals surface area contributed by atoms with Gasteiger partial charge in [-0.15, -0.1) is 11.3 Å². The lowest BCUT2D eigenvalue weighted by atomic mass is 10.2. The molecule has 2 aromatic heterocycles. The van der Waals surface area contributed by atoms with E-state index in [1.165, 1.54) is 17.4 Å². The van der Waals surface area contributed by atoms with Crippen molar-refractivity contribution in [1.29, 1.82) is 0 Å². The predicted octanol–water partition coefficient (Wildman–Crippen LogP) is 6.08. The molecule has 5 aromatic rings. The van der Waals surface area contributed by atoms with Crippen LogP contribution in [0, 0.1) is 11.6 Å². The molecule has 0 N–H and O–H groups in total. The molecule has 0 unspecified atom stereocenters. The van der Waals surface area contributed by atoms with Gasteiger partial charge in [0.15, 0.2) is 23.1 Å². The van der Waals surface area contributed by atoms with Gasteiger partial charge in [0.25, 0.3) is 0 Å². The molecule has 34 heavy (non-hydrogen) atoms. The van der Waals surface area contributed by atoms with Crippen LogP contribution in [0.15, 0.2) is 86.6 Å². The number of fused-ring (bicyclic) bond motifs is 2. The number of hydrogen-bond acceptors (Lipinski definition) is 6. The molecule has 0 radical (unpaired) electrons. The second-order valence-corrected chi connectivity index (χ2v) is 8.27. The number of hydrogen-bond donors (Lipinski definition) is 0. The second kappa shape index (κ2) is 8.27. The number of ether oxygens (including phenoxy) is 2. The van der Waals surface area contributed by atoms with Crippen molar-refractivity contribution in [2.24, 2.45) is 10.1 Å². The molecule has 0 atom stereocenters. The molecule has 0 aliphatic carbocycles. The zero-order valence-corrected chi connectivity index (χ0v) is 18.3. The molecule has 0 spiro atoms. The molecule has 168 valence electrons. The predicted molar refractivity (Wildman–Crippen MR) is 125 cm³/mol. The molecule has 1 aliphatic rings. The Bertz CT molecular complexity index is 1600. The van der Waals surface area contributed by atoms with Gasteiger partial charge >= 0.3 is 0 Å².